The number of likely N-dealkylation sites (N-methyl/N-ethyl adjacent to an activating group) is 1. The number of rotatable bonds is 5. The number of hydrogen-bond acceptors (Lipinski definition) is 1. The second-order valence-electron chi connectivity index (χ2n) is 4.97. The van der Waals surface area contributed by atoms with Gasteiger partial charge in [-0.05, 0) is 43.1 Å². The summed E-state index contributed by atoms with van der Waals surface area (Å²) in [6.45, 7) is 5.23. The van der Waals surface area contributed by atoms with Gasteiger partial charge in [-0.3, -0.25) is 0 Å². The largest absolute Gasteiger partial charge is 0.310 e. The van der Waals surface area contributed by atoms with Crippen molar-refractivity contribution in [2.75, 3.05) is 6.54 Å². The van der Waals surface area contributed by atoms with Crippen molar-refractivity contribution in [3.05, 3.63) is 68.1 Å². The van der Waals surface area contributed by atoms with Gasteiger partial charge in [-0.25, -0.2) is 0 Å². The van der Waals surface area contributed by atoms with Crippen molar-refractivity contribution in [1.82, 2.24) is 5.32 Å². The van der Waals surface area contributed by atoms with Gasteiger partial charge in [-0.2, -0.15) is 0 Å². The third-order valence-corrected chi connectivity index (χ3v) is 4.53. The summed E-state index contributed by atoms with van der Waals surface area (Å²) < 4.78 is 2.24. The zero-order valence-electron chi connectivity index (χ0n) is 11.8. The van der Waals surface area contributed by atoms with E-state index in [9.17, 15) is 0 Å². The first kappa shape index (κ1) is 15.7. The molecule has 0 heterocycles. The second kappa shape index (κ2) is 7.39. The summed E-state index contributed by atoms with van der Waals surface area (Å²) in [7, 11) is 0. The number of benzene rings is 2. The van der Waals surface area contributed by atoms with Gasteiger partial charge < -0.3 is 5.32 Å². The van der Waals surface area contributed by atoms with Crippen LogP contribution in [0.3, 0.4) is 0 Å². The van der Waals surface area contributed by atoms with Crippen LogP contribution in [0.2, 0.25) is 0 Å². The van der Waals surface area contributed by atoms with E-state index in [4.69, 9.17) is 0 Å². The van der Waals surface area contributed by atoms with Gasteiger partial charge in [0.15, 0.2) is 0 Å². The monoisotopic (exact) mass is 395 g/mol. The van der Waals surface area contributed by atoms with E-state index in [-0.39, 0.29) is 0 Å². The van der Waals surface area contributed by atoms with E-state index in [1.165, 1.54) is 16.7 Å². The molecule has 20 heavy (non-hydrogen) atoms. The van der Waals surface area contributed by atoms with E-state index in [2.05, 4.69) is 93.5 Å². The standard InChI is InChI=1S/C17H19Br2N/c1-3-20-17(10-13-6-4-12(2)5-7-13)15-9-8-14(18)11-16(15)19/h4-9,11,17,20H,3,10H2,1-2H3. The summed E-state index contributed by atoms with van der Waals surface area (Å²) in [4.78, 5) is 0. The summed E-state index contributed by atoms with van der Waals surface area (Å²) in [5, 5.41) is 3.58. The molecular weight excluding hydrogens is 378 g/mol. The van der Waals surface area contributed by atoms with Crippen molar-refractivity contribution in [3.63, 3.8) is 0 Å². The minimum atomic E-state index is 0.324. The Bertz CT molecular complexity index is 564. The molecule has 0 bridgehead atoms. The highest BCUT2D eigenvalue weighted by Gasteiger charge is 2.14. The van der Waals surface area contributed by atoms with Gasteiger partial charge >= 0.3 is 0 Å². The second-order valence-corrected chi connectivity index (χ2v) is 6.74. The van der Waals surface area contributed by atoms with Crippen LogP contribution in [-0.4, -0.2) is 6.54 Å². The van der Waals surface area contributed by atoms with Crippen LogP contribution in [0.1, 0.15) is 29.7 Å². The van der Waals surface area contributed by atoms with E-state index in [1.54, 1.807) is 0 Å². The SMILES string of the molecule is CCNC(Cc1ccc(C)cc1)c1ccc(Br)cc1Br. The highest BCUT2D eigenvalue weighted by Crippen LogP contribution is 2.29. The molecule has 0 spiro atoms. The first-order chi connectivity index (χ1) is 9.60. The Balaban J connectivity index is 2.24. The number of hydrogen-bond donors (Lipinski definition) is 1. The van der Waals surface area contributed by atoms with Gasteiger partial charge in [-0.1, -0.05) is 74.7 Å². The van der Waals surface area contributed by atoms with Gasteiger partial charge in [0.05, 0.1) is 0 Å². The summed E-state index contributed by atoms with van der Waals surface area (Å²) in [5.74, 6) is 0. The first-order valence-corrected chi connectivity index (χ1v) is 8.42. The Morgan fingerprint density at radius 3 is 2.35 bits per heavy atom. The quantitative estimate of drug-likeness (QED) is 0.711. The molecule has 2 aromatic carbocycles. The smallest absolute Gasteiger partial charge is 0.0372 e. The minimum Gasteiger partial charge on any atom is -0.310 e. The highest BCUT2D eigenvalue weighted by atomic mass is 79.9. The number of halogens is 2. The molecule has 1 nitrogen and oxygen atoms in total. The molecule has 3 heteroatoms. The lowest BCUT2D eigenvalue weighted by atomic mass is 9.98. The van der Waals surface area contributed by atoms with Gasteiger partial charge in [0.2, 0.25) is 0 Å². The van der Waals surface area contributed by atoms with E-state index >= 15 is 0 Å². The fourth-order valence-electron chi connectivity index (χ4n) is 2.28. The third-order valence-electron chi connectivity index (χ3n) is 3.35. The zero-order valence-corrected chi connectivity index (χ0v) is 15.0. The van der Waals surface area contributed by atoms with E-state index in [0.717, 1.165) is 21.9 Å². The van der Waals surface area contributed by atoms with Crippen LogP contribution in [0.15, 0.2) is 51.4 Å². The van der Waals surface area contributed by atoms with E-state index < -0.39 is 0 Å². The molecule has 0 saturated carbocycles. The van der Waals surface area contributed by atoms with E-state index in [0.29, 0.717) is 6.04 Å². The molecule has 0 fully saturated rings. The maximum absolute atomic E-state index is 3.67. The Labute approximate surface area is 138 Å². The molecule has 0 radical (unpaired) electrons. The topological polar surface area (TPSA) is 12.0 Å². The molecule has 2 rings (SSSR count). The molecule has 0 aliphatic rings. The molecule has 1 N–H and O–H groups in total. The number of nitrogens with one attached hydrogen (secondary N) is 1. The highest BCUT2D eigenvalue weighted by molar-refractivity contribution is 9.11. The van der Waals surface area contributed by atoms with Crippen molar-refractivity contribution in [2.24, 2.45) is 0 Å². The maximum Gasteiger partial charge on any atom is 0.0372 e. The molecule has 1 unspecified atom stereocenters. The molecule has 0 aliphatic heterocycles. The molecule has 0 saturated heterocycles. The van der Waals surface area contributed by atoms with Gasteiger partial charge in [0.1, 0.15) is 0 Å². The van der Waals surface area contributed by atoms with Crippen LogP contribution in [0.4, 0.5) is 0 Å². The Morgan fingerprint density at radius 2 is 1.75 bits per heavy atom. The summed E-state index contributed by atoms with van der Waals surface area (Å²) in [6, 6.07) is 15.5. The molecule has 106 valence electrons. The van der Waals surface area contributed by atoms with Crippen molar-refractivity contribution in [3.8, 4) is 0 Å². The lowest BCUT2D eigenvalue weighted by Crippen LogP contribution is -2.23. The molecule has 0 aromatic heterocycles. The fraction of sp³-hybridized carbons (Fsp3) is 0.294. The summed E-state index contributed by atoms with van der Waals surface area (Å²) in [5.41, 5.74) is 3.96. The molecular formula is C17H19Br2N. The average molecular weight is 397 g/mol. The maximum atomic E-state index is 3.67. The van der Waals surface area contributed by atoms with E-state index in [1.807, 2.05) is 0 Å². The third kappa shape index (κ3) is 4.18. The van der Waals surface area contributed by atoms with Crippen LogP contribution in [-0.2, 0) is 6.42 Å². The summed E-state index contributed by atoms with van der Waals surface area (Å²) >= 11 is 7.18. The van der Waals surface area contributed by atoms with Gasteiger partial charge in [-0.15, -0.1) is 0 Å². The normalized spacial score (nSPS) is 12.4. The molecule has 2 aromatic rings. The average Bonchev–Trinajstić information content (AvgIpc) is 2.41. The lowest BCUT2D eigenvalue weighted by Gasteiger charge is -2.20. The Kier molecular flexibility index (Phi) is 5.82. The van der Waals surface area contributed by atoms with Gasteiger partial charge in [0.25, 0.3) is 0 Å². The zero-order chi connectivity index (χ0) is 14.5. The van der Waals surface area contributed by atoms with Crippen LogP contribution < -0.4 is 5.32 Å². The minimum absolute atomic E-state index is 0.324. The van der Waals surface area contributed by atoms with Crippen molar-refractivity contribution in [2.45, 2.75) is 26.3 Å². The predicted molar refractivity (Wildman–Crippen MR) is 93.1 cm³/mol. The summed E-state index contributed by atoms with van der Waals surface area (Å²) in [6.07, 6.45) is 0.994. The van der Waals surface area contributed by atoms with Crippen LogP contribution in [0, 0.1) is 6.92 Å². The van der Waals surface area contributed by atoms with Crippen LogP contribution in [0.5, 0.6) is 0 Å². The van der Waals surface area contributed by atoms with Crippen LogP contribution in [0.25, 0.3) is 0 Å². The fourth-order valence-corrected chi connectivity index (χ4v) is 3.61. The lowest BCUT2D eigenvalue weighted by molar-refractivity contribution is 0.548. The van der Waals surface area contributed by atoms with Gasteiger partial charge in [0, 0.05) is 15.0 Å². The molecule has 0 amide bonds. The Morgan fingerprint density at radius 1 is 1.05 bits per heavy atom. The van der Waals surface area contributed by atoms with Crippen molar-refractivity contribution >= 4 is 31.9 Å². The molecule has 0 aliphatic carbocycles. The predicted octanol–water partition coefficient (Wildman–Crippen LogP) is 5.41. The van der Waals surface area contributed by atoms with Crippen molar-refractivity contribution < 1.29 is 0 Å². The first-order valence-electron chi connectivity index (χ1n) is 6.84. The van der Waals surface area contributed by atoms with Crippen LogP contribution >= 0.6 is 31.9 Å². The Hall–Kier alpha value is -0.640. The molecule has 1 atom stereocenters. The number of aryl methyl sites for hydroxylation is 1. The van der Waals surface area contributed by atoms with Crippen molar-refractivity contribution in [1.29, 1.82) is 0 Å².